The van der Waals surface area contributed by atoms with Crippen LogP contribution in [0.5, 0.6) is 0 Å². The number of rotatable bonds is 3. The highest BCUT2D eigenvalue weighted by molar-refractivity contribution is 6.30. The molecule has 5 nitrogen and oxygen atoms in total. The van der Waals surface area contributed by atoms with E-state index in [1.807, 2.05) is 0 Å². The summed E-state index contributed by atoms with van der Waals surface area (Å²) in [5.74, 6) is -0.585. The van der Waals surface area contributed by atoms with Crippen molar-refractivity contribution in [3.8, 4) is 0 Å². The zero-order chi connectivity index (χ0) is 18.1. The molecule has 4 rings (SSSR count). The Labute approximate surface area is 154 Å². The average Bonchev–Trinajstić information content (AvgIpc) is 3.08. The van der Waals surface area contributed by atoms with E-state index in [0.29, 0.717) is 29.6 Å². The van der Waals surface area contributed by atoms with Crippen LogP contribution in [0.4, 0.5) is 10.1 Å². The van der Waals surface area contributed by atoms with Gasteiger partial charge in [0.15, 0.2) is 5.69 Å². The first-order valence-electron chi connectivity index (χ1n) is 8.09. The minimum atomic E-state index is -0.299. The van der Waals surface area contributed by atoms with E-state index in [2.05, 4.69) is 10.4 Å². The van der Waals surface area contributed by atoms with Gasteiger partial charge in [0, 0.05) is 10.7 Å². The highest BCUT2D eigenvalue weighted by atomic mass is 35.5. The smallest absolute Gasteiger partial charge is 0.276 e. The van der Waals surface area contributed by atoms with Crippen molar-refractivity contribution in [1.29, 1.82) is 0 Å². The van der Waals surface area contributed by atoms with Crippen LogP contribution in [0.2, 0.25) is 5.02 Å². The fourth-order valence-corrected chi connectivity index (χ4v) is 2.97. The number of amides is 1. The number of hydrogen-bond donors (Lipinski definition) is 1. The molecule has 7 heteroatoms. The topological polar surface area (TPSA) is 56.2 Å². The first-order chi connectivity index (χ1) is 12.6. The van der Waals surface area contributed by atoms with Gasteiger partial charge in [0.2, 0.25) is 0 Å². The lowest BCUT2D eigenvalue weighted by Gasteiger charge is -2.24. The van der Waals surface area contributed by atoms with Crippen LogP contribution in [0.1, 0.15) is 27.8 Å². The van der Waals surface area contributed by atoms with Crippen molar-refractivity contribution in [1.82, 2.24) is 9.78 Å². The summed E-state index contributed by atoms with van der Waals surface area (Å²) in [7, 11) is 0. The largest absolute Gasteiger partial charge is 0.365 e. The Hall–Kier alpha value is -2.70. The lowest BCUT2D eigenvalue weighted by Crippen LogP contribution is -2.22. The minimum absolute atomic E-state index is 0.227. The number of aromatic nitrogens is 2. The van der Waals surface area contributed by atoms with Crippen LogP contribution in [0, 0.1) is 5.82 Å². The SMILES string of the molecule is O=C(Nc1ccc(Cl)cc1)c1cc2n(n1)C[C@@H](c1ccc(F)cc1)OC2. The van der Waals surface area contributed by atoms with E-state index in [4.69, 9.17) is 16.3 Å². The third kappa shape index (κ3) is 3.47. The fraction of sp³-hybridized carbons (Fsp3) is 0.158. The monoisotopic (exact) mass is 371 g/mol. The van der Waals surface area contributed by atoms with E-state index in [-0.39, 0.29) is 17.8 Å². The zero-order valence-corrected chi connectivity index (χ0v) is 14.4. The molecule has 1 amide bonds. The molecule has 1 atom stereocenters. The predicted molar refractivity (Wildman–Crippen MR) is 95.6 cm³/mol. The fourth-order valence-electron chi connectivity index (χ4n) is 2.84. The number of anilines is 1. The number of nitrogens with zero attached hydrogens (tertiary/aromatic N) is 2. The molecule has 1 aromatic heterocycles. The standard InChI is InChI=1S/C19H15ClFN3O2/c20-13-3-7-15(8-4-13)22-19(25)17-9-16-11-26-18(10-24(16)23-17)12-1-5-14(21)6-2-12/h1-9,18H,10-11H2,(H,22,25)/t18-/m0/s1. The van der Waals surface area contributed by atoms with Gasteiger partial charge in [-0.2, -0.15) is 5.10 Å². The molecule has 0 spiro atoms. The number of carbonyl (C=O) groups is 1. The Morgan fingerprint density at radius 1 is 1.19 bits per heavy atom. The van der Waals surface area contributed by atoms with Crippen molar-refractivity contribution < 1.29 is 13.9 Å². The van der Waals surface area contributed by atoms with Gasteiger partial charge < -0.3 is 10.1 Å². The van der Waals surface area contributed by atoms with E-state index >= 15 is 0 Å². The molecule has 0 bridgehead atoms. The highest BCUT2D eigenvalue weighted by Crippen LogP contribution is 2.27. The van der Waals surface area contributed by atoms with Crippen molar-refractivity contribution >= 4 is 23.2 Å². The van der Waals surface area contributed by atoms with E-state index in [9.17, 15) is 9.18 Å². The molecule has 26 heavy (non-hydrogen) atoms. The van der Waals surface area contributed by atoms with Crippen LogP contribution < -0.4 is 5.32 Å². The van der Waals surface area contributed by atoms with Crippen molar-refractivity contribution in [2.45, 2.75) is 19.3 Å². The number of ether oxygens (including phenoxy) is 1. The van der Waals surface area contributed by atoms with Crippen molar-refractivity contribution in [3.63, 3.8) is 0 Å². The first kappa shape index (κ1) is 16.8. The lowest BCUT2D eigenvalue weighted by atomic mass is 10.1. The maximum absolute atomic E-state index is 13.1. The highest BCUT2D eigenvalue weighted by Gasteiger charge is 2.24. The quantitative estimate of drug-likeness (QED) is 0.750. The van der Waals surface area contributed by atoms with Crippen molar-refractivity contribution in [2.75, 3.05) is 5.32 Å². The molecule has 0 fully saturated rings. The second-order valence-electron chi connectivity index (χ2n) is 6.02. The third-order valence-corrected chi connectivity index (χ3v) is 4.46. The molecule has 1 N–H and O–H groups in total. The van der Waals surface area contributed by atoms with Gasteiger partial charge in [0.05, 0.1) is 18.8 Å². The van der Waals surface area contributed by atoms with Gasteiger partial charge in [-0.05, 0) is 48.0 Å². The Bertz CT molecular complexity index is 938. The van der Waals surface area contributed by atoms with E-state index < -0.39 is 0 Å². The maximum atomic E-state index is 13.1. The predicted octanol–water partition coefficient (Wildman–Crippen LogP) is 4.20. The Morgan fingerprint density at radius 3 is 2.65 bits per heavy atom. The number of nitrogens with one attached hydrogen (secondary N) is 1. The molecule has 2 heterocycles. The number of benzene rings is 2. The molecule has 0 saturated heterocycles. The number of hydrogen-bond acceptors (Lipinski definition) is 3. The van der Waals surface area contributed by atoms with Gasteiger partial charge in [-0.15, -0.1) is 0 Å². The van der Waals surface area contributed by atoms with Gasteiger partial charge in [-0.1, -0.05) is 23.7 Å². The summed E-state index contributed by atoms with van der Waals surface area (Å²) in [6, 6.07) is 14.8. The van der Waals surface area contributed by atoms with E-state index in [1.165, 1.54) is 12.1 Å². The normalized spacial score (nSPS) is 16.2. The Balaban J connectivity index is 1.49. The van der Waals surface area contributed by atoms with Gasteiger partial charge in [0.1, 0.15) is 11.9 Å². The van der Waals surface area contributed by atoms with Gasteiger partial charge in [-0.3, -0.25) is 9.48 Å². The maximum Gasteiger partial charge on any atom is 0.276 e. The molecule has 1 aliphatic heterocycles. The van der Waals surface area contributed by atoms with E-state index in [0.717, 1.165) is 11.3 Å². The van der Waals surface area contributed by atoms with Gasteiger partial charge in [0.25, 0.3) is 5.91 Å². The van der Waals surface area contributed by atoms with Crippen LogP contribution in [0.3, 0.4) is 0 Å². The molecule has 132 valence electrons. The third-order valence-electron chi connectivity index (χ3n) is 4.21. The summed E-state index contributed by atoms with van der Waals surface area (Å²) in [6.45, 7) is 0.804. The number of fused-ring (bicyclic) bond motifs is 1. The summed E-state index contributed by atoms with van der Waals surface area (Å²) in [5, 5.41) is 7.77. The molecule has 0 aliphatic carbocycles. The first-order valence-corrected chi connectivity index (χ1v) is 8.47. The zero-order valence-electron chi connectivity index (χ0n) is 13.7. The van der Waals surface area contributed by atoms with Crippen LogP contribution in [-0.2, 0) is 17.9 Å². The summed E-state index contributed by atoms with van der Waals surface area (Å²) >= 11 is 5.84. The van der Waals surface area contributed by atoms with Gasteiger partial charge >= 0.3 is 0 Å². The molecule has 2 aromatic carbocycles. The number of carbonyl (C=O) groups excluding carboxylic acids is 1. The van der Waals surface area contributed by atoms with Crippen LogP contribution in [-0.4, -0.2) is 15.7 Å². The molecule has 0 radical (unpaired) electrons. The molecule has 0 saturated carbocycles. The molecule has 1 aliphatic rings. The summed E-state index contributed by atoms with van der Waals surface area (Å²) < 4.78 is 20.7. The van der Waals surface area contributed by atoms with Crippen molar-refractivity contribution in [3.05, 3.63) is 82.4 Å². The summed E-state index contributed by atoms with van der Waals surface area (Å²) in [4.78, 5) is 12.4. The minimum Gasteiger partial charge on any atom is -0.365 e. The van der Waals surface area contributed by atoms with Gasteiger partial charge in [-0.25, -0.2) is 4.39 Å². The van der Waals surface area contributed by atoms with Crippen LogP contribution >= 0.6 is 11.6 Å². The molecular weight excluding hydrogens is 357 g/mol. The summed E-state index contributed by atoms with van der Waals surface area (Å²) in [6.07, 6.45) is -0.227. The lowest BCUT2D eigenvalue weighted by molar-refractivity contribution is -0.00122. The second kappa shape index (κ2) is 6.90. The molecule has 0 unspecified atom stereocenters. The molecule has 3 aromatic rings. The van der Waals surface area contributed by atoms with E-state index in [1.54, 1.807) is 47.1 Å². The van der Waals surface area contributed by atoms with Crippen LogP contribution in [0.25, 0.3) is 0 Å². The average molecular weight is 372 g/mol. The Kier molecular flexibility index (Phi) is 4.44. The van der Waals surface area contributed by atoms with Crippen molar-refractivity contribution in [2.24, 2.45) is 0 Å². The second-order valence-corrected chi connectivity index (χ2v) is 6.45. The summed E-state index contributed by atoms with van der Waals surface area (Å²) in [5.41, 5.74) is 2.66. The number of halogens is 2. The molecular formula is C19H15ClFN3O2. The van der Waals surface area contributed by atoms with Crippen LogP contribution in [0.15, 0.2) is 54.6 Å². The Morgan fingerprint density at radius 2 is 1.92 bits per heavy atom.